The lowest BCUT2D eigenvalue weighted by atomic mass is 10.2. The molecule has 1 atom stereocenters. The smallest absolute Gasteiger partial charge is 0.263 e. The Bertz CT molecular complexity index is 643. The zero-order valence-corrected chi connectivity index (χ0v) is 14.7. The molecule has 0 N–H and O–H groups in total. The summed E-state index contributed by atoms with van der Waals surface area (Å²) in [6.45, 7) is 5.45. The predicted octanol–water partition coefficient (Wildman–Crippen LogP) is 1.26. The van der Waals surface area contributed by atoms with Crippen molar-refractivity contribution in [3.63, 3.8) is 0 Å². The molecule has 1 amide bonds. The summed E-state index contributed by atoms with van der Waals surface area (Å²) in [7, 11) is -3.21. The highest BCUT2D eigenvalue weighted by atomic mass is 32.2. The van der Waals surface area contributed by atoms with E-state index in [1.165, 1.54) is 10.6 Å². The Morgan fingerprint density at radius 1 is 1.13 bits per heavy atom. The minimum Gasteiger partial charge on any atom is -0.481 e. The van der Waals surface area contributed by atoms with Gasteiger partial charge in [-0.25, -0.2) is 12.7 Å². The van der Waals surface area contributed by atoms with Gasteiger partial charge < -0.3 is 9.64 Å². The van der Waals surface area contributed by atoms with E-state index in [1.54, 1.807) is 11.8 Å². The minimum atomic E-state index is -3.21. The highest BCUT2D eigenvalue weighted by molar-refractivity contribution is 7.88. The number of hydrogen-bond donors (Lipinski definition) is 0. The Morgan fingerprint density at radius 2 is 1.78 bits per heavy atom. The van der Waals surface area contributed by atoms with Gasteiger partial charge >= 0.3 is 0 Å². The van der Waals surface area contributed by atoms with Crippen LogP contribution in [-0.2, 0) is 14.8 Å². The monoisotopic (exact) mass is 340 g/mol. The van der Waals surface area contributed by atoms with Gasteiger partial charge in [0, 0.05) is 26.2 Å². The second-order valence-electron chi connectivity index (χ2n) is 5.91. The molecule has 7 heteroatoms. The molecule has 1 fully saturated rings. The van der Waals surface area contributed by atoms with Gasteiger partial charge in [-0.2, -0.15) is 0 Å². The summed E-state index contributed by atoms with van der Waals surface area (Å²) >= 11 is 0. The summed E-state index contributed by atoms with van der Waals surface area (Å²) in [5.41, 5.74) is 1.13. The molecular formula is C16H24N2O4S. The van der Waals surface area contributed by atoms with Crippen molar-refractivity contribution in [1.29, 1.82) is 0 Å². The first-order valence-electron chi connectivity index (χ1n) is 7.74. The van der Waals surface area contributed by atoms with Gasteiger partial charge in [0.2, 0.25) is 10.0 Å². The Morgan fingerprint density at radius 3 is 2.39 bits per heavy atom. The van der Waals surface area contributed by atoms with Crippen LogP contribution in [-0.4, -0.2) is 62.1 Å². The molecule has 1 aliphatic heterocycles. The van der Waals surface area contributed by atoms with E-state index in [1.807, 2.05) is 31.2 Å². The first kappa shape index (κ1) is 17.7. The predicted molar refractivity (Wildman–Crippen MR) is 88.9 cm³/mol. The topological polar surface area (TPSA) is 66.9 Å². The number of benzene rings is 1. The van der Waals surface area contributed by atoms with Crippen LogP contribution in [0, 0.1) is 6.92 Å². The van der Waals surface area contributed by atoms with Crippen LogP contribution < -0.4 is 4.74 Å². The second kappa shape index (κ2) is 7.31. The summed E-state index contributed by atoms with van der Waals surface area (Å²) < 4.78 is 30.4. The minimum absolute atomic E-state index is 0.110. The first-order chi connectivity index (χ1) is 10.8. The highest BCUT2D eigenvalue weighted by Gasteiger charge is 2.27. The Hall–Kier alpha value is -1.60. The molecule has 1 saturated heterocycles. The lowest BCUT2D eigenvalue weighted by molar-refractivity contribution is -0.137. The van der Waals surface area contributed by atoms with Crippen molar-refractivity contribution in [1.82, 2.24) is 9.21 Å². The molecule has 23 heavy (non-hydrogen) atoms. The third-order valence-electron chi connectivity index (χ3n) is 3.92. The molecule has 1 aromatic carbocycles. The fraction of sp³-hybridized carbons (Fsp3) is 0.562. The number of carbonyl (C=O) groups is 1. The van der Waals surface area contributed by atoms with E-state index in [0.717, 1.165) is 5.56 Å². The van der Waals surface area contributed by atoms with Crippen LogP contribution in [0.3, 0.4) is 0 Å². The van der Waals surface area contributed by atoms with Crippen molar-refractivity contribution in [2.75, 3.05) is 32.4 Å². The Labute approximate surface area is 138 Å². The van der Waals surface area contributed by atoms with E-state index in [2.05, 4.69) is 0 Å². The second-order valence-corrected chi connectivity index (χ2v) is 7.90. The van der Waals surface area contributed by atoms with E-state index >= 15 is 0 Å². The number of ether oxygens (including phenoxy) is 1. The van der Waals surface area contributed by atoms with Crippen LogP contribution >= 0.6 is 0 Å². The van der Waals surface area contributed by atoms with Crippen LogP contribution in [0.4, 0.5) is 0 Å². The fourth-order valence-electron chi connectivity index (χ4n) is 2.57. The van der Waals surface area contributed by atoms with Crippen LogP contribution in [0.15, 0.2) is 24.3 Å². The van der Waals surface area contributed by atoms with E-state index < -0.39 is 16.1 Å². The maximum atomic E-state index is 12.5. The number of hydrogen-bond acceptors (Lipinski definition) is 4. The van der Waals surface area contributed by atoms with Crippen molar-refractivity contribution >= 4 is 15.9 Å². The van der Waals surface area contributed by atoms with Gasteiger partial charge in [0.1, 0.15) is 5.75 Å². The quantitative estimate of drug-likeness (QED) is 0.827. The highest BCUT2D eigenvalue weighted by Crippen LogP contribution is 2.15. The number of aryl methyl sites for hydroxylation is 1. The molecule has 0 spiro atoms. The van der Waals surface area contributed by atoms with Crippen LogP contribution in [0.25, 0.3) is 0 Å². The van der Waals surface area contributed by atoms with Gasteiger partial charge in [-0.15, -0.1) is 0 Å². The number of rotatable bonds is 4. The molecule has 0 radical (unpaired) electrons. The Kier molecular flexibility index (Phi) is 5.64. The molecule has 6 nitrogen and oxygen atoms in total. The lowest BCUT2D eigenvalue weighted by Gasteiger charge is -2.24. The molecule has 1 unspecified atom stereocenters. The number of sulfonamides is 1. The molecule has 1 aliphatic rings. The first-order valence-corrected chi connectivity index (χ1v) is 9.59. The van der Waals surface area contributed by atoms with Crippen molar-refractivity contribution < 1.29 is 17.9 Å². The van der Waals surface area contributed by atoms with Crippen LogP contribution in [0.1, 0.15) is 18.9 Å². The molecule has 0 saturated carbocycles. The summed E-state index contributed by atoms with van der Waals surface area (Å²) in [5.74, 6) is 0.546. The van der Waals surface area contributed by atoms with Gasteiger partial charge in [-0.1, -0.05) is 17.7 Å². The standard InChI is InChI=1S/C16H24N2O4S/c1-13-5-7-15(8-6-13)22-14(2)16(19)17-9-4-10-18(12-11-17)23(3,20)21/h5-8,14H,4,9-12H2,1-3H3. The zero-order chi connectivity index (χ0) is 17.0. The van der Waals surface area contributed by atoms with E-state index in [0.29, 0.717) is 38.3 Å². The molecule has 1 aromatic rings. The van der Waals surface area contributed by atoms with Crippen molar-refractivity contribution in [3.8, 4) is 5.75 Å². The van der Waals surface area contributed by atoms with Gasteiger partial charge in [0.15, 0.2) is 6.10 Å². The third-order valence-corrected chi connectivity index (χ3v) is 5.22. The lowest BCUT2D eigenvalue weighted by Crippen LogP contribution is -2.42. The van der Waals surface area contributed by atoms with Gasteiger partial charge in [0.05, 0.1) is 6.26 Å². The van der Waals surface area contributed by atoms with E-state index in [9.17, 15) is 13.2 Å². The van der Waals surface area contributed by atoms with Gasteiger partial charge in [0.25, 0.3) is 5.91 Å². The molecule has 1 heterocycles. The molecule has 0 bridgehead atoms. The largest absolute Gasteiger partial charge is 0.481 e. The molecular weight excluding hydrogens is 316 g/mol. The van der Waals surface area contributed by atoms with Crippen molar-refractivity contribution in [2.24, 2.45) is 0 Å². The summed E-state index contributed by atoms with van der Waals surface area (Å²) in [4.78, 5) is 14.2. The van der Waals surface area contributed by atoms with Crippen molar-refractivity contribution in [3.05, 3.63) is 29.8 Å². The number of nitrogens with zero attached hydrogens (tertiary/aromatic N) is 2. The van der Waals surface area contributed by atoms with Crippen LogP contribution in [0.5, 0.6) is 5.75 Å². The van der Waals surface area contributed by atoms with Crippen LogP contribution in [0.2, 0.25) is 0 Å². The summed E-state index contributed by atoms with van der Waals surface area (Å²) in [6, 6.07) is 7.55. The summed E-state index contributed by atoms with van der Waals surface area (Å²) in [5, 5.41) is 0. The normalized spacial score (nSPS) is 18.3. The average molecular weight is 340 g/mol. The van der Waals surface area contributed by atoms with E-state index in [4.69, 9.17) is 4.74 Å². The molecule has 2 rings (SSSR count). The fourth-order valence-corrected chi connectivity index (χ4v) is 3.45. The summed E-state index contributed by atoms with van der Waals surface area (Å²) in [6.07, 6.45) is 1.24. The van der Waals surface area contributed by atoms with E-state index in [-0.39, 0.29) is 5.91 Å². The third kappa shape index (κ3) is 4.94. The maximum Gasteiger partial charge on any atom is 0.263 e. The van der Waals surface area contributed by atoms with Gasteiger partial charge in [-0.05, 0) is 32.4 Å². The average Bonchev–Trinajstić information content (AvgIpc) is 2.74. The molecule has 0 aliphatic carbocycles. The Balaban J connectivity index is 1.95. The molecule has 128 valence electrons. The van der Waals surface area contributed by atoms with Gasteiger partial charge in [-0.3, -0.25) is 4.79 Å². The number of amides is 1. The number of carbonyl (C=O) groups excluding carboxylic acids is 1. The SMILES string of the molecule is Cc1ccc(OC(C)C(=O)N2CCCN(S(C)(=O)=O)CC2)cc1. The maximum absolute atomic E-state index is 12.5. The molecule has 0 aromatic heterocycles. The zero-order valence-electron chi connectivity index (χ0n) is 13.9. The van der Waals surface area contributed by atoms with Crippen molar-refractivity contribution in [2.45, 2.75) is 26.4 Å².